The minimum absolute atomic E-state index is 0.0987. The zero-order chi connectivity index (χ0) is 9.84. The van der Waals surface area contributed by atoms with E-state index in [1.807, 2.05) is 6.92 Å². The molecule has 1 aromatic rings. The first-order chi connectivity index (χ1) is 6.09. The predicted octanol–water partition coefficient (Wildman–Crippen LogP) is 1.44. The van der Waals surface area contributed by atoms with E-state index in [2.05, 4.69) is 5.32 Å². The summed E-state index contributed by atoms with van der Waals surface area (Å²) >= 11 is 5.76. The van der Waals surface area contributed by atoms with E-state index in [1.165, 1.54) is 0 Å². The Balaban J connectivity index is 2.70. The van der Waals surface area contributed by atoms with Gasteiger partial charge in [-0.3, -0.25) is 5.32 Å². The average molecular weight is 201 g/mol. The molecule has 0 saturated carbocycles. The van der Waals surface area contributed by atoms with Crippen molar-refractivity contribution in [1.82, 2.24) is 5.32 Å². The van der Waals surface area contributed by atoms with Crippen LogP contribution in [0.4, 0.5) is 0 Å². The van der Waals surface area contributed by atoms with Gasteiger partial charge in [-0.1, -0.05) is 11.6 Å². The van der Waals surface area contributed by atoms with Crippen molar-refractivity contribution in [2.24, 2.45) is 5.73 Å². The summed E-state index contributed by atoms with van der Waals surface area (Å²) in [5, 5.41) is 13.0. The molecule has 13 heavy (non-hydrogen) atoms. The highest BCUT2D eigenvalue weighted by atomic mass is 35.5. The quantitative estimate of drug-likeness (QED) is 0.648. The molecule has 1 atom stereocenters. The number of hydrogen-bond acceptors (Lipinski definition) is 3. The fourth-order valence-electron chi connectivity index (χ4n) is 0.967. The van der Waals surface area contributed by atoms with E-state index in [-0.39, 0.29) is 11.9 Å². The highest BCUT2D eigenvalue weighted by molar-refractivity contribution is 6.30. The molecule has 1 rings (SSSR count). The number of phenols is 1. The van der Waals surface area contributed by atoms with Crippen molar-refractivity contribution in [3.63, 3.8) is 0 Å². The Kier molecular flexibility index (Phi) is 3.54. The van der Waals surface area contributed by atoms with E-state index in [0.717, 1.165) is 5.56 Å². The number of hydrogen-bond donors (Lipinski definition) is 3. The molecule has 0 saturated heterocycles. The first-order valence-corrected chi connectivity index (χ1v) is 4.44. The van der Waals surface area contributed by atoms with Crippen LogP contribution in [0.25, 0.3) is 0 Å². The Labute approximate surface area is 82.5 Å². The number of nitrogens with two attached hydrogens (primary N) is 1. The number of halogens is 1. The molecule has 0 spiro atoms. The van der Waals surface area contributed by atoms with Gasteiger partial charge in [0.25, 0.3) is 0 Å². The van der Waals surface area contributed by atoms with Gasteiger partial charge >= 0.3 is 0 Å². The van der Waals surface area contributed by atoms with Crippen LogP contribution in [0, 0.1) is 0 Å². The van der Waals surface area contributed by atoms with Gasteiger partial charge < -0.3 is 10.8 Å². The summed E-state index contributed by atoms with van der Waals surface area (Å²) in [6, 6.07) is 4.93. The molecule has 0 aliphatic rings. The van der Waals surface area contributed by atoms with Gasteiger partial charge in [-0.25, -0.2) is 0 Å². The van der Waals surface area contributed by atoms with Crippen LogP contribution in [0.1, 0.15) is 12.5 Å². The van der Waals surface area contributed by atoms with Crippen molar-refractivity contribution in [3.05, 3.63) is 28.8 Å². The van der Waals surface area contributed by atoms with Crippen LogP contribution in [0.5, 0.6) is 5.75 Å². The lowest BCUT2D eigenvalue weighted by atomic mass is 10.2. The molecule has 0 bridgehead atoms. The van der Waals surface area contributed by atoms with Gasteiger partial charge in [0, 0.05) is 17.1 Å². The zero-order valence-electron chi connectivity index (χ0n) is 7.42. The first-order valence-electron chi connectivity index (χ1n) is 4.06. The third-order valence-corrected chi connectivity index (χ3v) is 1.89. The van der Waals surface area contributed by atoms with Crippen LogP contribution in [-0.4, -0.2) is 11.3 Å². The summed E-state index contributed by atoms with van der Waals surface area (Å²) in [6.07, 6.45) is -0.0987. The van der Waals surface area contributed by atoms with Crippen molar-refractivity contribution in [2.75, 3.05) is 0 Å². The molecule has 0 fully saturated rings. The summed E-state index contributed by atoms with van der Waals surface area (Å²) < 4.78 is 0. The first kappa shape index (κ1) is 10.3. The second-order valence-electron chi connectivity index (χ2n) is 2.94. The molecule has 0 heterocycles. The lowest BCUT2D eigenvalue weighted by Crippen LogP contribution is -2.33. The molecular formula is C9H13ClN2O. The van der Waals surface area contributed by atoms with Crippen molar-refractivity contribution in [1.29, 1.82) is 0 Å². The summed E-state index contributed by atoms with van der Waals surface area (Å²) in [7, 11) is 0. The van der Waals surface area contributed by atoms with Crippen LogP contribution >= 0.6 is 11.6 Å². The summed E-state index contributed by atoms with van der Waals surface area (Å²) in [5.41, 5.74) is 6.26. The smallest absolute Gasteiger partial charge is 0.120 e. The van der Waals surface area contributed by atoms with Crippen molar-refractivity contribution in [3.8, 4) is 5.75 Å². The van der Waals surface area contributed by atoms with Crippen LogP contribution in [-0.2, 0) is 6.54 Å². The van der Waals surface area contributed by atoms with Gasteiger partial charge in [-0.15, -0.1) is 0 Å². The normalized spacial score (nSPS) is 12.8. The number of rotatable bonds is 3. The Morgan fingerprint density at radius 1 is 1.62 bits per heavy atom. The van der Waals surface area contributed by atoms with Crippen molar-refractivity contribution < 1.29 is 5.11 Å². The molecule has 0 amide bonds. The van der Waals surface area contributed by atoms with Gasteiger partial charge in [0.2, 0.25) is 0 Å². The Bertz CT molecular complexity index is 289. The molecule has 4 heteroatoms. The number of benzene rings is 1. The van der Waals surface area contributed by atoms with Crippen molar-refractivity contribution in [2.45, 2.75) is 19.6 Å². The van der Waals surface area contributed by atoms with E-state index in [0.29, 0.717) is 11.6 Å². The van der Waals surface area contributed by atoms with E-state index in [1.54, 1.807) is 18.2 Å². The predicted molar refractivity (Wildman–Crippen MR) is 53.6 cm³/mol. The lowest BCUT2D eigenvalue weighted by molar-refractivity contribution is 0.460. The minimum Gasteiger partial charge on any atom is -0.508 e. The van der Waals surface area contributed by atoms with Gasteiger partial charge in [0.15, 0.2) is 0 Å². The largest absolute Gasteiger partial charge is 0.508 e. The molecule has 4 N–H and O–H groups in total. The van der Waals surface area contributed by atoms with E-state index in [9.17, 15) is 5.11 Å². The van der Waals surface area contributed by atoms with Crippen LogP contribution in [0.15, 0.2) is 18.2 Å². The Morgan fingerprint density at radius 2 is 2.31 bits per heavy atom. The molecule has 3 nitrogen and oxygen atoms in total. The Morgan fingerprint density at radius 3 is 2.92 bits per heavy atom. The Hall–Kier alpha value is -0.770. The van der Waals surface area contributed by atoms with E-state index in [4.69, 9.17) is 17.3 Å². The monoisotopic (exact) mass is 200 g/mol. The third-order valence-electron chi connectivity index (χ3n) is 1.66. The standard InChI is InChI=1S/C9H13ClN2O/c1-6(11)12-5-7-4-8(10)2-3-9(7)13/h2-4,6,12-13H,5,11H2,1H3. The summed E-state index contributed by atoms with van der Waals surface area (Å²) in [5.74, 6) is 0.234. The maximum Gasteiger partial charge on any atom is 0.120 e. The summed E-state index contributed by atoms with van der Waals surface area (Å²) in [4.78, 5) is 0. The third kappa shape index (κ3) is 3.22. The fraction of sp³-hybridized carbons (Fsp3) is 0.333. The highest BCUT2D eigenvalue weighted by Crippen LogP contribution is 2.20. The second kappa shape index (κ2) is 4.46. The lowest BCUT2D eigenvalue weighted by Gasteiger charge is -2.09. The van der Waals surface area contributed by atoms with Crippen LogP contribution in [0.2, 0.25) is 5.02 Å². The summed E-state index contributed by atoms with van der Waals surface area (Å²) in [6.45, 7) is 2.35. The molecule has 72 valence electrons. The van der Waals surface area contributed by atoms with Gasteiger partial charge in [-0.05, 0) is 25.1 Å². The molecule has 1 unspecified atom stereocenters. The average Bonchev–Trinajstić information content (AvgIpc) is 2.06. The van der Waals surface area contributed by atoms with Crippen LogP contribution in [0.3, 0.4) is 0 Å². The minimum atomic E-state index is -0.0987. The topological polar surface area (TPSA) is 58.3 Å². The molecule has 0 radical (unpaired) electrons. The molecule has 1 aromatic carbocycles. The van der Waals surface area contributed by atoms with Crippen molar-refractivity contribution >= 4 is 11.6 Å². The van der Waals surface area contributed by atoms with E-state index < -0.39 is 0 Å². The number of aromatic hydroxyl groups is 1. The van der Waals surface area contributed by atoms with E-state index >= 15 is 0 Å². The maximum absolute atomic E-state index is 9.41. The van der Waals surface area contributed by atoms with Crippen LogP contribution < -0.4 is 11.1 Å². The zero-order valence-corrected chi connectivity index (χ0v) is 8.17. The molecular weight excluding hydrogens is 188 g/mol. The SMILES string of the molecule is CC(N)NCc1cc(Cl)ccc1O. The van der Waals surface area contributed by atoms with Gasteiger partial charge in [-0.2, -0.15) is 0 Å². The van der Waals surface area contributed by atoms with Gasteiger partial charge in [0.1, 0.15) is 5.75 Å². The number of phenolic OH excluding ortho intramolecular Hbond substituents is 1. The van der Waals surface area contributed by atoms with Gasteiger partial charge in [0.05, 0.1) is 6.17 Å². The number of nitrogens with one attached hydrogen (secondary N) is 1. The highest BCUT2D eigenvalue weighted by Gasteiger charge is 2.02. The molecule has 0 aromatic heterocycles. The molecule has 0 aliphatic heterocycles. The fourth-order valence-corrected chi connectivity index (χ4v) is 1.16. The maximum atomic E-state index is 9.41. The second-order valence-corrected chi connectivity index (χ2v) is 3.38. The molecule has 0 aliphatic carbocycles.